The van der Waals surface area contributed by atoms with E-state index in [1.807, 2.05) is 0 Å². The lowest BCUT2D eigenvalue weighted by atomic mass is 10.1. The van der Waals surface area contributed by atoms with E-state index in [-0.39, 0.29) is 25.3 Å². The molecule has 0 bridgehead atoms. The van der Waals surface area contributed by atoms with Crippen LogP contribution in [0.1, 0.15) is 25.0 Å². The van der Waals surface area contributed by atoms with Gasteiger partial charge in [0, 0.05) is 26.9 Å². The second-order valence-corrected chi connectivity index (χ2v) is 7.03. The molecule has 1 N–H and O–H groups in total. The maximum atomic E-state index is 13.0. The molecule has 2 aromatic carbocycles. The summed E-state index contributed by atoms with van der Waals surface area (Å²) >= 11 is 0. The molecule has 1 amide bonds. The maximum absolute atomic E-state index is 13.0. The summed E-state index contributed by atoms with van der Waals surface area (Å²) in [6, 6.07) is 10.9. The summed E-state index contributed by atoms with van der Waals surface area (Å²) < 4.78 is 50.3. The first-order valence-corrected chi connectivity index (χ1v) is 8.68. The van der Waals surface area contributed by atoms with Gasteiger partial charge in [0.15, 0.2) is 11.5 Å². The Bertz CT molecular complexity index is 863. The summed E-state index contributed by atoms with van der Waals surface area (Å²) in [4.78, 5) is 12.6. The number of halogens is 3. The van der Waals surface area contributed by atoms with Crippen LogP contribution in [0.3, 0.4) is 0 Å². The molecule has 1 heterocycles. The van der Waals surface area contributed by atoms with Crippen LogP contribution in [0.5, 0.6) is 17.2 Å². The Morgan fingerprint density at radius 3 is 2.29 bits per heavy atom. The number of carbonyl (C=O) groups is 1. The zero-order chi connectivity index (χ0) is 20.5. The minimum atomic E-state index is -4.96. The second-order valence-electron chi connectivity index (χ2n) is 7.03. The minimum absolute atomic E-state index is 0.0651. The Labute approximate surface area is 160 Å². The van der Waals surface area contributed by atoms with Crippen LogP contribution in [0.2, 0.25) is 0 Å². The quantitative estimate of drug-likeness (QED) is 0.831. The number of aromatic hydroxyl groups is 1. The SMILES string of the molecule is CC1(C)Oc2ccc(CN(CCc3ccc(O)cc3)C(=O)C(F)(F)F)cc2O1. The molecular weight excluding hydrogens is 375 g/mol. The van der Waals surface area contributed by atoms with Crippen molar-refractivity contribution in [2.24, 2.45) is 0 Å². The molecule has 0 spiro atoms. The molecule has 0 atom stereocenters. The van der Waals surface area contributed by atoms with Crippen molar-refractivity contribution in [3.63, 3.8) is 0 Å². The van der Waals surface area contributed by atoms with Crippen molar-refractivity contribution >= 4 is 5.91 Å². The van der Waals surface area contributed by atoms with Crippen LogP contribution in [0.15, 0.2) is 42.5 Å². The van der Waals surface area contributed by atoms with E-state index in [1.165, 1.54) is 12.1 Å². The molecule has 8 heteroatoms. The smallest absolute Gasteiger partial charge is 0.471 e. The third kappa shape index (κ3) is 4.68. The molecule has 0 saturated carbocycles. The first-order chi connectivity index (χ1) is 13.0. The lowest BCUT2D eigenvalue weighted by Crippen LogP contribution is -2.41. The second kappa shape index (κ2) is 7.26. The van der Waals surface area contributed by atoms with Gasteiger partial charge in [0.1, 0.15) is 5.75 Å². The highest BCUT2D eigenvalue weighted by Crippen LogP contribution is 2.39. The Morgan fingerprint density at radius 1 is 1.04 bits per heavy atom. The van der Waals surface area contributed by atoms with Gasteiger partial charge in [-0.15, -0.1) is 0 Å². The summed E-state index contributed by atoms with van der Waals surface area (Å²) in [7, 11) is 0. The zero-order valence-corrected chi connectivity index (χ0v) is 15.4. The van der Waals surface area contributed by atoms with Gasteiger partial charge >= 0.3 is 12.1 Å². The predicted octanol–water partition coefficient (Wildman–Crippen LogP) is 4.03. The molecule has 2 aromatic rings. The van der Waals surface area contributed by atoms with Crippen molar-refractivity contribution in [2.45, 2.75) is 38.8 Å². The van der Waals surface area contributed by atoms with Crippen LogP contribution in [0.25, 0.3) is 0 Å². The van der Waals surface area contributed by atoms with Gasteiger partial charge in [-0.2, -0.15) is 13.2 Å². The van der Waals surface area contributed by atoms with E-state index in [0.29, 0.717) is 22.6 Å². The van der Waals surface area contributed by atoms with E-state index in [0.717, 1.165) is 4.90 Å². The number of ether oxygens (including phenoxy) is 2. The lowest BCUT2D eigenvalue weighted by molar-refractivity contribution is -0.186. The molecule has 0 unspecified atom stereocenters. The fraction of sp³-hybridized carbons (Fsp3) is 0.350. The van der Waals surface area contributed by atoms with E-state index in [4.69, 9.17) is 9.47 Å². The first kappa shape index (κ1) is 19.9. The highest BCUT2D eigenvalue weighted by molar-refractivity contribution is 5.81. The Hall–Kier alpha value is -2.90. The topological polar surface area (TPSA) is 59.0 Å². The summed E-state index contributed by atoms with van der Waals surface area (Å²) in [5, 5.41) is 9.30. The van der Waals surface area contributed by atoms with Gasteiger partial charge in [-0.05, 0) is 41.8 Å². The van der Waals surface area contributed by atoms with Crippen molar-refractivity contribution in [2.75, 3.05) is 6.54 Å². The summed E-state index contributed by atoms with van der Waals surface area (Å²) in [5.74, 6) is -1.74. The zero-order valence-electron chi connectivity index (χ0n) is 15.4. The van der Waals surface area contributed by atoms with Crippen LogP contribution in [0, 0.1) is 0 Å². The van der Waals surface area contributed by atoms with Crippen molar-refractivity contribution in [3.05, 3.63) is 53.6 Å². The third-order valence-corrected chi connectivity index (χ3v) is 4.23. The van der Waals surface area contributed by atoms with Crippen LogP contribution in [0.4, 0.5) is 13.2 Å². The number of nitrogens with zero attached hydrogens (tertiary/aromatic N) is 1. The number of fused-ring (bicyclic) bond motifs is 1. The summed E-state index contributed by atoms with van der Waals surface area (Å²) in [5.41, 5.74) is 1.22. The van der Waals surface area contributed by atoms with Gasteiger partial charge in [-0.1, -0.05) is 18.2 Å². The van der Waals surface area contributed by atoms with Gasteiger partial charge in [0.05, 0.1) is 0 Å². The minimum Gasteiger partial charge on any atom is -0.508 e. The van der Waals surface area contributed by atoms with Gasteiger partial charge in [0.25, 0.3) is 0 Å². The molecular formula is C20H20F3NO4. The fourth-order valence-electron chi connectivity index (χ4n) is 2.94. The first-order valence-electron chi connectivity index (χ1n) is 8.68. The molecule has 0 aromatic heterocycles. The number of phenols is 1. The number of hydrogen-bond acceptors (Lipinski definition) is 4. The third-order valence-electron chi connectivity index (χ3n) is 4.23. The summed E-state index contributed by atoms with van der Waals surface area (Å²) in [6.45, 7) is 3.12. The highest BCUT2D eigenvalue weighted by atomic mass is 19.4. The average molecular weight is 395 g/mol. The highest BCUT2D eigenvalue weighted by Gasteiger charge is 2.42. The number of alkyl halides is 3. The molecule has 28 heavy (non-hydrogen) atoms. The number of phenolic OH excluding ortho intramolecular Hbond substituents is 1. The molecule has 0 fully saturated rings. The number of amides is 1. The number of benzene rings is 2. The number of rotatable bonds is 5. The van der Waals surface area contributed by atoms with Crippen LogP contribution >= 0.6 is 0 Å². The normalized spacial score (nSPS) is 14.8. The number of carbonyl (C=O) groups excluding carboxylic acids is 1. The molecule has 1 aliphatic heterocycles. The van der Waals surface area contributed by atoms with Crippen LogP contribution < -0.4 is 9.47 Å². The van der Waals surface area contributed by atoms with Crippen molar-refractivity contribution in [1.29, 1.82) is 0 Å². The largest absolute Gasteiger partial charge is 0.508 e. The maximum Gasteiger partial charge on any atom is 0.471 e. The van der Waals surface area contributed by atoms with Crippen molar-refractivity contribution < 1.29 is 32.5 Å². The van der Waals surface area contributed by atoms with E-state index in [9.17, 15) is 23.1 Å². The average Bonchev–Trinajstić information content (AvgIpc) is 2.91. The molecule has 3 rings (SSSR count). The Kier molecular flexibility index (Phi) is 5.14. The van der Waals surface area contributed by atoms with Crippen LogP contribution in [-0.2, 0) is 17.8 Å². The Morgan fingerprint density at radius 2 is 1.64 bits per heavy atom. The molecule has 150 valence electrons. The van der Waals surface area contributed by atoms with E-state index < -0.39 is 17.9 Å². The standard InChI is InChI=1S/C20H20F3NO4/c1-19(2)27-16-8-5-14(11-17(16)28-19)12-24(18(26)20(21,22)23)10-9-13-3-6-15(25)7-4-13/h3-8,11,25H,9-10,12H2,1-2H3. The lowest BCUT2D eigenvalue weighted by Gasteiger charge is -2.24. The van der Waals surface area contributed by atoms with Gasteiger partial charge in [-0.3, -0.25) is 4.79 Å². The van der Waals surface area contributed by atoms with E-state index >= 15 is 0 Å². The van der Waals surface area contributed by atoms with Crippen LogP contribution in [-0.4, -0.2) is 34.4 Å². The molecule has 5 nitrogen and oxygen atoms in total. The fourth-order valence-corrected chi connectivity index (χ4v) is 2.94. The molecule has 0 saturated heterocycles. The Balaban J connectivity index is 1.76. The predicted molar refractivity (Wildman–Crippen MR) is 95.1 cm³/mol. The van der Waals surface area contributed by atoms with Gasteiger partial charge < -0.3 is 19.5 Å². The molecule has 0 aliphatic carbocycles. The van der Waals surface area contributed by atoms with Gasteiger partial charge in [0.2, 0.25) is 5.79 Å². The molecule has 0 radical (unpaired) electrons. The van der Waals surface area contributed by atoms with Gasteiger partial charge in [-0.25, -0.2) is 0 Å². The number of hydrogen-bond donors (Lipinski definition) is 1. The monoisotopic (exact) mass is 395 g/mol. The van der Waals surface area contributed by atoms with E-state index in [1.54, 1.807) is 44.2 Å². The van der Waals surface area contributed by atoms with Crippen molar-refractivity contribution in [1.82, 2.24) is 4.90 Å². The van der Waals surface area contributed by atoms with E-state index in [2.05, 4.69) is 0 Å². The summed E-state index contributed by atoms with van der Waals surface area (Å²) in [6.07, 6.45) is -4.74. The molecule has 1 aliphatic rings. The van der Waals surface area contributed by atoms with Crippen molar-refractivity contribution in [3.8, 4) is 17.2 Å².